The third-order valence-electron chi connectivity index (χ3n) is 4.11. The van der Waals surface area contributed by atoms with Crippen molar-refractivity contribution >= 4 is 11.8 Å². The van der Waals surface area contributed by atoms with Crippen molar-refractivity contribution in [3.8, 4) is 0 Å². The van der Waals surface area contributed by atoms with Crippen LogP contribution in [0, 0.1) is 5.92 Å². The minimum atomic E-state index is -0.452. The van der Waals surface area contributed by atoms with E-state index in [0.717, 1.165) is 6.61 Å². The smallest absolute Gasteiger partial charge is 0.326 e. The zero-order valence-corrected chi connectivity index (χ0v) is 13.8. The molecule has 2 aliphatic rings. The largest absolute Gasteiger partial charge is 0.465 e. The third-order valence-corrected chi connectivity index (χ3v) is 4.11. The van der Waals surface area contributed by atoms with Gasteiger partial charge < -0.3 is 19.5 Å². The number of nitrogens with zero attached hydrogens (tertiary/aromatic N) is 2. The summed E-state index contributed by atoms with van der Waals surface area (Å²) >= 11 is 0. The van der Waals surface area contributed by atoms with E-state index in [1.54, 1.807) is 6.92 Å². The molecule has 0 spiro atoms. The summed E-state index contributed by atoms with van der Waals surface area (Å²) in [5, 5.41) is 3.10. The number of hydrogen-bond donors (Lipinski definition) is 1. The van der Waals surface area contributed by atoms with Gasteiger partial charge in [-0.3, -0.25) is 14.2 Å². The summed E-state index contributed by atoms with van der Waals surface area (Å²) in [5.74, 6) is 0.409. The molecule has 0 aromatic carbocycles. The first-order valence-electron chi connectivity index (χ1n) is 8.34. The molecule has 1 aliphatic heterocycles. The average molecular weight is 337 g/mol. The van der Waals surface area contributed by atoms with E-state index in [9.17, 15) is 9.59 Å². The SMILES string of the molecule is CCOC(=O)Cn1ccnc(NC2COCC2OCC2CC2)c1=O. The van der Waals surface area contributed by atoms with Crippen LogP contribution in [0.1, 0.15) is 19.8 Å². The Morgan fingerprint density at radius 1 is 1.46 bits per heavy atom. The van der Waals surface area contributed by atoms with Crippen LogP contribution in [0.25, 0.3) is 0 Å². The Labute approximate surface area is 140 Å². The van der Waals surface area contributed by atoms with E-state index in [1.165, 1.54) is 29.8 Å². The number of rotatable bonds is 8. The van der Waals surface area contributed by atoms with E-state index in [1.807, 2.05) is 0 Å². The molecule has 2 atom stereocenters. The van der Waals surface area contributed by atoms with Gasteiger partial charge in [0.2, 0.25) is 0 Å². The van der Waals surface area contributed by atoms with Gasteiger partial charge in [-0.15, -0.1) is 0 Å². The van der Waals surface area contributed by atoms with Gasteiger partial charge in [0.1, 0.15) is 12.6 Å². The monoisotopic (exact) mass is 337 g/mol. The molecule has 2 fully saturated rings. The fourth-order valence-corrected chi connectivity index (χ4v) is 2.57. The summed E-state index contributed by atoms with van der Waals surface area (Å²) < 4.78 is 17.5. The molecule has 1 saturated carbocycles. The van der Waals surface area contributed by atoms with Gasteiger partial charge in [-0.05, 0) is 25.7 Å². The number of hydrogen-bond acceptors (Lipinski definition) is 7. The molecule has 1 aliphatic carbocycles. The second-order valence-electron chi connectivity index (χ2n) is 6.12. The standard InChI is InChI=1S/C16H23N3O5/c1-2-23-14(20)7-19-6-5-17-15(16(19)21)18-12-9-22-10-13(12)24-8-11-3-4-11/h5-6,11-13H,2-4,7-10H2,1H3,(H,17,18). The number of anilines is 1. The van der Waals surface area contributed by atoms with E-state index in [4.69, 9.17) is 14.2 Å². The molecule has 2 unspecified atom stereocenters. The Balaban J connectivity index is 1.63. The van der Waals surface area contributed by atoms with E-state index < -0.39 is 5.97 Å². The van der Waals surface area contributed by atoms with Crippen LogP contribution in [-0.4, -0.2) is 54.1 Å². The molecule has 2 heterocycles. The second kappa shape index (κ2) is 7.76. The van der Waals surface area contributed by atoms with Gasteiger partial charge in [-0.25, -0.2) is 4.98 Å². The first-order valence-corrected chi connectivity index (χ1v) is 8.34. The van der Waals surface area contributed by atoms with Crippen molar-refractivity contribution in [2.75, 3.05) is 31.7 Å². The number of carbonyl (C=O) groups is 1. The van der Waals surface area contributed by atoms with E-state index in [0.29, 0.717) is 19.1 Å². The number of aromatic nitrogens is 2. The van der Waals surface area contributed by atoms with Crippen LogP contribution < -0.4 is 10.9 Å². The lowest BCUT2D eigenvalue weighted by Crippen LogP contribution is -2.38. The fourth-order valence-electron chi connectivity index (χ4n) is 2.57. The summed E-state index contributed by atoms with van der Waals surface area (Å²) in [7, 11) is 0. The minimum Gasteiger partial charge on any atom is -0.465 e. The van der Waals surface area contributed by atoms with Gasteiger partial charge in [0, 0.05) is 19.0 Å². The zero-order chi connectivity index (χ0) is 16.9. The van der Waals surface area contributed by atoms with Gasteiger partial charge >= 0.3 is 5.97 Å². The van der Waals surface area contributed by atoms with Gasteiger partial charge in [0.05, 0.1) is 25.9 Å². The fraction of sp³-hybridized carbons (Fsp3) is 0.688. The molecule has 3 rings (SSSR count). The quantitative estimate of drug-likeness (QED) is 0.687. The molecule has 0 radical (unpaired) electrons. The predicted octanol–water partition coefficient (Wildman–Crippen LogP) is 0.412. The Hall–Kier alpha value is -1.93. The van der Waals surface area contributed by atoms with Crippen molar-refractivity contribution in [2.45, 2.75) is 38.5 Å². The molecular weight excluding hydrogens is 314 g/mol. The third kappa shape index (κ3) is 4.33. The number of esters is 1. The van der Waals surface area contributed by atoms with Crippen LogP contribution in [-0.2, 0) is 25.5 Å². The normalized spacial score (nSPS) is 23.2. The molecule has 1 N–H and O–H groups in total. The van der Waals surface area contributed by atoms with Crippen molar-refractivity contribution in [1.29, 1.82) is 0 Å². The Morgan fingerprint density at radius 3 is 3.04 bits per heavy atom. The summed E-state index contributed by atoms with van der Waals surface area (Å²) in [5.41, 5.74) is -0.363. The highest BCUT2D eigenvalue weighted by molar-refractivity contribution is 5.69. The van der Waals surface area contributed by atoms with E-state index in [-0.39, 0.29) is 36.7 Å². The van der Waals surface area contributed by atoms with Crippen LogP contribution in [0.3, 0.4) is 0 Å². The highest BCUT2D eigenvalue weighted by Gasteiger charge is 2.32. The zero-order valence-electron chi connectivity index (χ0n) is 13.8. The van der Waals surface area contributed by atoms with Crippen LogP contribution in [0.4, 0.5) is 5.82 Å². The van der Waals surface area contributed by atoms with Crippen molar-refractivity contribution in [3.63, 3.8) is 0 Å². The van der Waals surface area contributed by atoms with Gasteiger partial charge in [0.15, 0.2) is 5.82 Å². The van der Waals surface area contributed by atoms with Crippen molar-refractivity contribution < 1.29 is 19.0 Å². The van der Waals surface area contributed by atoms with Gasteiger partial charge in [-0.2, -0.15) is 0 Å². The van der Waals surface area contributed by atoms with Gasteiger partial charge in [0.25, 0.3) is 5.56 Å². The first kappa shape index (κ1) is 16.9. The van der Waals surface area contributed by atoms with E-state index >= 15 is 0 Å². The molecule has 132 valence electrons. The molecule has 1 aromatic heterocycles. The molecule has 0 bridgehead atoms. The summed E-state index contributed by atoms with van der Waals surface area (Å²) in [6.45, 7) is 3.58. The van der Waals surface area contributed by atoms with Crippen molar-refractivity contribution in [1.82, 2.24) is 9.55 Å². The number of ether oxygens (including phenoxy) is 3. The number of nitrogens with one attached hydrogen (secondary N) is 1. The Kier molecular flexibility index (Phi) is 5.47. The minimum absolute atomic E-state index is 0.0921. The maximum Gasteiger partial charge on any atom is 0.326 e. The van der Waals surface area contributed by atoms with Gasteiger partial charge in [-0.1, -0.05) is 0 Å². The van der Waals surface area contributed by atoms with Crippen molar-refractivity contribution in [2.24, 2.45) is 5.92 Å². The first-order chi connectivity index (χ1) is 11.7. The Bertz CT molecular complexity index is 628. The molecule has 1 saturated heterocycles. The summed E-state index contributed by atoms with van der Waals surface area (Å²) in [6, 6.07) is -0.123. The van der Waals surface area contributed by atoms with Crippen LogP contribution >= 0.6 is 0 Å². The molecular formula is C16H23N3O5. The van der Waals surface area contributed by atoms with Crippen LogP contribution in [0.15, 0.2) is 17.2 Å². The van der Waals surface area contributed by atoms with Crippen LogP contribution in [0.2, 0.25) is 0 Å². The number of carbonyl (C=O) groups excluding carboxylic acids is 1. The Morgan fingerprint density at radius 2 is 2.29 bits per heavy atom. The molecule has 8 heteroatoms. The molecule has 8 nitrogen and oxygen atoms in total. The molecule has 24 heavy (non-hydrogen) atoms. The lowest BCUT2D eigenvalue weighted by Gasteiger charge is -2.20. The maximum absolute atomic E-state index is 12.4. The van der Waals surface area contributed by atoms with Crippen LogP contribution in [0.5, 0.6) is 0 Å². The highest BCUT2D eigenvalue weighted by atomic mass is 16.5. The second-order valence-corrected chi connectivity index (χ2v) is 6.12. The lowest BCUT2D eigenvalue weighted by molar-refractivity contribution is -0.143. The molecule has 0 amide bonds. The average Bonchev–Trinajstić information content (AvgIpc) is 3.29. The van der Waals surface area contributed by atoms with Crippen molar-refractivity contribution in [3.05, 3.63) is 22.7 Å². The van der Waals surface area contributed by atoms with E-state index in [2.05, 4.69) is 10.3 Å². The summed E-state index contributed by atoms with van der Waals surface area (Å²) in [4.78, 5) is 28.1. The predicted molar refractivity (Wildman–Crippen MR) is 85.8 cm³/mol. The maximum atomic E-state index is 12.4. The highest BCUT2D eigenvalue weighted by Crippen LogP contribution is 2.30. The lowest BCUT2D eigenvalue weighted by atomic mass is 10.2. The topological polar surface area (TPSA) is 91.7 Å². The molecule has 1 aromatic rings. The summed E-state index contributed by atoms with van der Waals surface area (Å²) in [6.07, 6.45) is 5.32.